The molecule has 4 aromatic rings. The zero-order chi connectivity index (χ0) is 22.8. The van der Waals surface area contributed by atoms with Crippen molar-refractivity contribution < 1.29 is 9.53 Å². The van der Waals surface area contributed by atoms with E-state index in [1.165, 1.54) is 23.1 Å². The van der Waals surface area contributed by atoms with Crippen LogP contribution in [0.15, 0.2) is 57.8 Å². The summed E-state index contributed by atoms with van der Waals surface area (Å²) in [6.45, 7) is 5.94. The van der Waals surface area contributed by atoms with E-state index in [1.54, 1.807) is 11.7 Å². The lowest BCUT2D eigenvalue weighted by molar-refractivity contribution is -0.113. The minimum absolute atomic E-state index is 0.101. The van der Waals surface area contributed by atoms with E-state index in [1.807, 2.05) is 62.5 Å². The molecule has 0 spiro atoms. The fourth-order valence-corrected chi connectivity index (χ4v) is 5.10. The number of carbonyl (C=O) groups excluding carboxylic acids is 1. The van der Waals surface area contributed by atoms with Crippen LogP contribution in [-0.4, -0.2) is 28.3 Å². The molecule has 2 heterocycles. The van der Waals surface area contributed by atoms with Crippen molar-refractivity contribution in [3.8, 4) is 11.4 Å². The molecule has 0 saturated heterocycles. The van der Waals surface area contributed by atoms with Gasteiger partial charge in [-0.15, -0.1) is 11.3 Å². The van der Waals surface area contributed by atoms with Crippen molar-refractivity contribution in [1.82, 2.24) is 9.55 Å². The van der Waals surface area contributed by atoms with Crippen molar-refractivity contribution in [2.24, 2.45) is 0 Å². The fraction of sp³-hybridized carbons (Fsp3) is 0.208. The summed E-state index contributed by atoms with van der Waals surface area (Å²) in [4.78, 5) is 30.7. The minimum Gasteiger partial charge on any atom is -0.495 e. The third kappa shape index (κ3) is 4.56. The van der Waals surface area contributed by atoms with Gasteiger partial charge in [0.15, 0.2) is 5.16 Å². The summed E-state index contributed by atoms with van der Waals surface area (Å²) in [5.74, 6) is 0.494. The number of thiophene rings is 1. The Kier molecular flexibility index (Phi) is 6.34. The third-order valence-electron chi connectivity index (χ3n) is 4.88. The van der Waals surface area contributed by atoms with E-state index in [4.69, 9.17) is 9.72 Å². The lowest BCUT2D eigenvalue weighted by Crippen LogP contribution is -2.22. The molecule has 164 valence electrons. The maximum absolute atomic E-state index is 13.3. The Morgan fingerprint density at radius 3 is 2.56 bits per heavy atom. The molecule has 0 unspecified atom stereocenters. The zero-order valence-corrected chi connectivity index (χ0v) is 19.9. The molecular weight excluding hydrogens is 442 g/mol. The first kappa shape index (κ1) is 22.1. The average molecular weight is 466 g/mol. The Morgan fingerprint density at radius 1 is 1.09 bits per heavy atom. The Balaban J connectivity index is 1.66. The summed E-state index contributed by atoms with van der Waals surface area (Å²) in [6, 6.07) is 13.4. The van der Waals surface area contributed by atoms with Gasteiger partial charge in [0.2, 0.25) is 5.91 Å². The predicted octanol–water partition coefficient (Wildman–Crippen LogP) is 5.11. The highest BCUT2D eigenvalue weighted by atomic mass is 32.2. The van der Waals surface area contributed by atoms with Gasteiger partial charge in [-0.2, -0.15) is 0 Å². The number of aromatic nitrogens is 2. The quantitative estimate of drug-likeness (QED) is 0.316. The molecule has 1 N–H and O–H groups in total. The number of ether oxygens (including phenoxy) is 1. The molecule has 2 aromatic carbocycles. The minimum atomic E-state index is -0.203. The normalized spacial score (nSPS) is 11.0. The van der Waals surface area contributed by atoms with E-state index < -0.39 is 0 Å². The third-order valence-corrected chi connectivity index (χ3v) is 6.71. The number of fused-ring (bicyclic) bond motifs is 1. The summed E-state index contributed by atoms with van der Waals surface area (Å²) in [5.41, 5.74) is 5.01. The molecule has 32 heavy (non-hydrogen) atoms. The van der Waals surface area contributed by atoms with Crippen LogP contribution >= 0.6 is 23.1 Å². The van der Waals surface area contributed by atoms with Crippen LogP contribution in [0.4, 0.5) is 5.69 Å². The van der Waals surface area contributed by atoms with Gasteiger partial charge in [0.25, 0.3) is 5.56 Å². The van der Waals surface area contributed by atoms with E-state index in [-0.39, 0.29) is 17.2 Å². The molecule has 4 rings (SSSR count). The molecule has 1 amide bonds. The Hall–Kier alpha value is -3.10. The number of nitrogens with one attached hydrogen (secondary N) is 1. The van der Waals surface area contributed by atoms with Gasteiger partial charge in [-0.25, -0.2) is 4.98 Å². The molecule has 0 aliphatic carbocycles. The molecule has 0 radical (unpaired) electrons. The second kappa shape index (κ2) is 9.18. The molecule has 0 saturated carbocycles. The van der Waals surface area contributed by atoms with E-state index in [0.717, 1.165) is 22.4 Å². The molecule has 0 aliphatic heterocycles. The van der Waals surface area contributed by atoms with Crippen LogP contribution in [0, 0.1) is 20.8 Å². The van der Waals surface area contributed by atoms with Gasteiger partial charge in [0.05, 0.1) is 29.8 Å². The highest BCUT2D eigenvalue weighted by molar-refractivity contribution is 7.99. The lowest BCUT2D eigenvalue weighted by Gasteiger charge is -2.14. The number of methoxy groups -OCH3 is 1. The van der Waals surface area contributed by atoms with Gasteiger partial charge < -0.3 is 10.1 Å². The van der Waals surface area contributed by atoms with Crippen molar-refractivity contribution in [1.29, 1.82) is 0 Å². The van der Waals surface area contributed by atoms with E-state index in [2.05, 4.69) is 11.4 Å². The van der Waals surface area contributed by atoms with Crippen LogP contribution in [0.25, 0.3) is 15.9 Å². The summed E-state index contributed by atoms with van der Waals surface area (Å²) >= 11 is 2.61. The van der Waals surface area contributed by atoms with Gasteiger partial charge in [-0.3, -0.25) is 14.2 Å². The average Bonchev–Trinajstić information content (AvgIpc) is 3.21. The number of hydrogen-bond donors (Lipinski definition) is 1. The molecule has 0 bridgehead atoms. The summed E-state index contributed by atoms with van der Waals surface area (Å²) < 4.78 is 7.54. The first-order valence-electron chi connectivity index (χ1n) is 10.0. The van der Waals surface area contributed by atoms with Gasteiger partial charge in [0.1, 0.15) is 10.4 Å². The van der Waals surface area contributed by atoms with Crippen molar-refractivity contribution in [3.05, 3.63) is 74.9 Å². The maximum Gasteiger partial charge on any atom is 0.276 e. The predicted molar refractivity (Wildman–Crippen MR) is 132 cm³/mol. The number of benzene rings is 2. The molecular formula is C24H23N3O3S2. The number of anilines is 1. The van der Waals surface area contributed by atoms with Crippen LogP contribution in [0.2, 0.25) is 0 Å². The van der Waals surface area contributed by atoms with Gasteiger partial charge in [-0.1, -0.05) is 23.9 Å². The molecule has 8 heteroatoms. The maximum atomic E-state index is 13.3. The lowest BCUT2D eigenvalue weighted by atomic mass is 10.1. The van der Waals surface area contributed by atoms with E-state index in [9.17, 15) is 9.59 Å². The van der Waals surface area contributed by atoms with Gasteiger partial charge >= 0.3 is 0 Å². The largest absolute Gasteiger partial charge is 0.495 e. The molecule has 0 aliphatic rings. The highest BCUT2D eigenvalue weighted by Gasteiger charge is 2.17. The zero-order valence-electron chi connectivity index (χ0n) is 18.3. The number of thioether (sulfide) groups is 1. The standard InChI is InChI=1S/C24H23N3O3S2/c1-14-5-6-20(30-4)19(12-14)25-21(28)13-32-24-26-18-7-8-31-22(18)23(29)27(24)17-10-15(2)9-16(3)11-17/h5-12H,13H2,1-4H3,(H,25,28). The number of nitrogens with zero attached hydrogens (tertiary/aromatic N) is 2. The Labute approximate surface area is 194 Å². The summed E-state index contributed by atoms with van der Waals surface area (Å²) in [5, 5.41) is 5.24. The first-order valence-corrected chi connectivity index (χ1v) is 11.9. The second-order valence-electron chi connectivity index (χ2n) is 7.56. The SMILES string of the molecule is COc1ccc(C)cc1NC(=O)CSc1nc2ccsc2c(=O)n1-c1cc(C)cc(C)c1. The van der Waals surface area contributed by atoms with Crippen molar-refractivity contribution in [3.63, 3.8) is 0 Å². The van der Waals surface area contributed by atoms with Gasteiger partial charge in [-0.05, 0) is 73.2 Å². The number of hydrogen-bond acceptors (Lipinski definition) is 6. The topological polar surface area (TPSA) is 73.2 Å². The second-order valence-corrected chi connectivity index (χ2v) is 9.42. The van der Waals surface area contributed by atoms with Gasteiger partial charge in [0, 0.05) is 0 Å². The van der Waals surface area contributed by atoms with E-state index in [0.29, 0.717) is 26.8 Å². The Morgan fingerprint density at radius 2 is 1.84 bits per heavy atom. The van der Waals surface area contributed by atoms with Crippen molar-refractivity contribution >= 4 is 44.9 Å². The Bertz CT molecular complexity index is 1350. The van der Waals surface area contributed by atoms with Crippen LogP contribution < -0.4 is 15.6 Å². The number of carbonyl (C=O) groups is 1. The summed E-state index contributed by atoms with van der Waals surface area (Å²) in [7, 11) is 1.57. The van der Waals surface area contributed by atoms with Crippen LogP contribution in [0.5, 0.6) is 5.75 Å². The van der Waals surface area contributed by atoms with Crippen molar-refractivity contribution in [2.75, 3.05) is 18.2 Å². The summed E-state index contributed by atoms with van der Waals surface area (Å²) in [6.07, 6.45) is 0. The highest BCUT2D eigenvalue weighted by Crippen LogP contribution is 2.27. The van der Waals surface area contributed by atoms with Crippen molar-refractivity contribution in [2.45, 2.75) is 25.9 Å². The molecule has 0 atom stereocenters. The van der Waals surface area contributed by atoms with E-state index >= 15 is 0 Å². The number of rotatable bonds is 6. The smallest absolute Gasteiger partial charge is 0.276 e. The monoisotopic (exact) mass is 465 g/mol. The number of aryl methyl sites for hydroxylation is 3. The van der Waals surface area contributed by atoms with Crippen LogP contribution in [0.3, 0.4) is 0 Å². The fourth-order valence-electron chi connectivity index (χ4n) is 3.53. The molecule has 0 fully saturated rings. The first-order chi connectivity index (χ1) is 15.4. The van der Waals surface area contributed by atoms with Crippen LogP contribution in [-0.2, 0) is 4.79 Å². The van der Waals surface area contributed by atoms with Crippen LogP contribution in [0.1, 0.15) is 16.7 Å². The molecule has 2 aromatic heterocycles. The number of amides is 1. The molecule has 6 nitrogen and oxygen atoms in total.